The number of hydrogen-bond donors (Lipinski definition) is 0. The Labute approximate surface area is 132 Å². The van der Waals surface area contributed by atoms with Gasteiger partial charge in [-0.3, -0.25) is 0 Å². The minimum atomic E-state index is 0.0704. The number of ether oxygens (including phenoxy) is 1. The Balaban J connectivity index is 1.75. The maximum absolute atomic E-state index is 6.70. The maximum Gasteiger partial charge on any atom is 0.0592 e. The predicted octanol–water partition coefficient (Wildman–Crippen LogP) is 5.78. The molecule has 0 saturated carbocycles. The third-order valence-electron chi connectivity index (χ3n) is 4.53. The molecule has 2 aromatic rings. The molecule has 0 aliphatic carbocycles. The van der Waals surface area contributed by atoms with Gasteiger partial charge in [0, 0.05) is 6.61 Å². The number of hydrogen-bond acceptors (Lipinski definition) is 1. The maximum atomic E-state index is 6.70. The van der Waals surface area contributed by atoms with Gasteiger partial charge in [-0.05, 0) is 60.9 Å². The van der Waals surface area contributed by atoms with Crippen molar-refractivity contribution in [2.75, 3.05) is 6.61 Å². The predicted molar refractivity (Wildman–Crippen MR) is 90.1 cm³/mol. The highest BCUT2D eigenvalue weighted by Crippen LogP contribution is 2.34. The molecule has 1 heterocycles. The van der Waals surface area contributed by atoms with E-state index < -0.39 is 0 Å². The number of alkyl halides is 1. The Bertz CT molecular complexity index is 602. The largest absolute Gasteiger partial charge is 0.378 e. The Hall–Kier alpha value is -1.05. The second-order valence-electron chi connectivity index (χ2n) is 6.05. The average molecular weight is 303 g/mol. The standard InChI is InChI=1S/C19H23ClO/c1-14-9-11-18(17-8-3-2-7-16(14)17)19(20)12-10-15-6-4-5-13-21-15/h2-3,7-9,11,15,19H,4-6,10,12-13H2,1H3. The first-order valence-electron chi connectivity index (χ1n) is 7.99. The molecule has 1 fully saturated rings. The summed E-state index contributed by atoms with van der Waals surface area (Å²) in [5.74, 6) is 0. The zero-order chi connectivity index (χ0) is 14.7. The summed E-state index contributed by atoms with van der Waals surface area (Å²) in [5, 5.41) is 2.68. The number of aryl methyl sites for hydroxylation is 1. The molecule has 0 aromatic heterocycles. The lowest BCUT2D eigenvalue weighted by molar-refractivity contribution is 0.0100. The SMILES string of the molecule is Cc1ccc(C(Cl)CCC2CCCCO2)c2ccccc12. The van der Waals surface area contributed by atoms with Gasteiger partial charge in [-0.15, -0.1) is 11.6 Å². The monoisotopic (exact) mass is 302 g/mol. The zero-order valence-electron chi connectivity index (χ0n) is 12.6. The lowest BCUT2D eigenvalue weighted by Gasteiger charge is -2.23. The molecule has 112 valence electrons. The fourth-order valence-electron chi connectivity index (χ4n) is 3.27. The molecule has 0 spiro atoms. The first-order chi connectivity index (χ1) is 10.3. The van der Waals surface area contributed by atoms with Crippen molar-refractivity contribution < 1.29 is 4.74 Å². The van der Waals surface area contributed by atoms with Crippen LogP contribution in [-0.4, -0.2) is 12.7 Å². The van der Waals surface area contributed by atoms with Crippen LogP contribution in [0.2, 0.25) is 0 Å². The van der Waals surface area contributed by atoms with E-state index in [0.29, 0.717) is 6.10 Å². The van der Waals surface area contributed by atoms with E-state index in [-0.39, 0.29) is 5.38 Å². The zero-order valence-corrected chi connectivity index (χ0v) is 13.4. The van der Waals surface area contributed by atoms with E-state index in [9.17, 15) is 0 Å². The van der Waals surface area contributed by atoms with Crippen LogP contribution in [0.4, 0.5) is 0 Å². The van der Waals surface area contributed by atoms with Crippen molar-refractivity contribution in [3.8, 4) is 0 Å². The molecule has 2 unspecified atom stereocenters. The number of rotatable bonds is 4. The summed E-state index contributed by atoms with van der Waals surface area (Å²) in [6.07, 6.45) is 6.17. The third kappa shape index (κ3) is 3.41. The van der Waals surface area contributed by atoms with Gasteiger partial charge in [-0.25, -0.2) is 0 Å². The van der Waals surface area contributed by atoms with Crippen molar-refractivity contribution in [1.82, 2.24) is 0 Å². The quantitative estimate of drug-likeness (QED) is 0.651. The minimum Gasteiger partial charge on any atom is -0.378 e. The van der Waals surface area contributed by atoms with Crippen LogP contribution in [0.15, 0.2) is 36.4 Å². The van der Waals surface area contributed by atoms with Crippen LogP contribution in [0.3, 0.4) is 0 Å². The normalized spacial score (nSPS) is 20.6. The van der Waals surface area contributed by atoms with E-state index in [2.05, 4.69) is 43.3 Å². The smallest absolute Gasteiger partial charge is 0.0592 e. The molecule has 0 radical (unpaired) electrons. The topological polar surface area (TPSA) is 9.23 Å². The molecule has 0 N–H and O–H groups in total. The van der Waals surface area contributed by atoms with Gasteiger partial charge in [0.25, 0.3) is 0 Å². The van der Waals surface area contributed by atoms with E-state index in [1.165, 1.54) is 41.2 Å². The lowest BCUT2D eigenvalue weighted by Crippen LogP contribution is -2.19. The van der Waals surface area contributed by atoms with E-state index >= 15 is 0 Å². The molecule has 2 aromatic carbocycles. The minimum absolute atomic E-state index is 0.0704. The summed E-state index contributed by atoms with van der Waals surface area (Å²) in [4.78, 5) is 0. The molecule has 3 rings (SSSR count). The summed E-state index contributed by atoms with van der Waals surface area (Å²) in [7, 11) is 0. The van der Waals surface area contributed by atoms with Gasteiger partial charge in [-0.2, -0.15) is 0 Å². The molecule has 0 bridgehead atoms. The van der Waals surface area contributed by atoms with Crippen molar-refractivity contribution in [1.29, 1.82) is 0 Å². The van der Waals surface area contributed by atoms with Crippen molar-refractivity contribution in [3.05, 3.63) is 47.5 Å². The second-order valence-corrected chi connectivity index (χ2v) is 6.58. The highest BCUT2D eigenvalue weighted by atomic mass is 35.5. The summed E-state index contributed by atoms with van der Waals surface area (Å²) in [6.45, 7) is 3.08. The molecule has 1 nitrogen and oxygen atoms in total. The van der Waals surface area contributed by atoms with Crippen LogP contribution >= 0.6 is 11.6 Å². The van der Waals surface area contributed by atoms with E-state index in [1.807, 2.05) is 0 Å². The first-order valence-corrected chi connectivity index (χ1v) is 8.43. The second kappa shape index (κ2) is 6.81. The Morgan fingerprint density at radius 1 is 1.14 bits per heavy atom. The van der Waals surface area contributed by atoms with Crippen molar-refractivity contribution >= 4 is 22.4 Å². The van der Waals surface area contributed by atoms with Crippen molar-refractivity contribution in [3.63, 3.8) is 0 Å². The van der Waals surface area contributed by atoms with E-state index in [4.69, 9.17) is 16.3 Å². The van der Waals surface area contributed by atoms with Crippen LogP contribution in [0, 0.1) is 6.92 Å². The molecule has 1 saturated heterocycles. The summed E-state index contributed by atoms with van der Waals surface area (Å²) < 4.78 is 5.81. The van der Waals surface area contributed by atoms with E-state index in [1.54, 1.807) is 0 Å². The molecule has 1 aliphatic heterocycles. The Kier molecular flexibility index (Phi) is 4.82. The molecule has 1 aliphatic rings. The van der Waals surface area contributed by atoms with Gasteiger partial charge in [0.2, 0.25) is 0 Å². The van der Waals surface area contributed by atoms with Crippen LogP contribution in [0.1, 0.15) is 48.6 Å². The lowest BCUT2D eigenvalue weighted by atomic mass is 9.95. The van der Waals surface area contributed by atoms with Crippen molar-refractivity contribution in [2.45, 2.75) is 50.5 Å². The van der Waals surface area contributed by atoms with Gasteiger partial charge in [0.15, 0.2) is 0 Å². The van der Waals surface area contributed by atoms with Gasteiger partial charge in [-0.1, -0.05) is 36.4 Å². The van der Waals surface area contributed by atoms with Crippen LogP contribution in [0.25, 0.3) is 10.8 Å². The van der Waals surface area contributed by atoms with Gasteiger partial charge in [0.05, 0.1) is 11.5 Å². The number of fused-ring (bicyclic) bond motifs is 1. The average Bonchev–Trinajstić information content (AvgIpc) is 2.54. The molecule has 0 amide bonds. The molecule has 2 atom stereocenters. The van der Waals surface area contributed by atoms with Gasteiger partial charge >= 0.3 is 0 Å². The summed E-state index contributed by atoms with van der Waals surface area (Å²) in [6, 6.07) is 12.9. The molecule has 21 heavy (non-hydrogen) atoms. The van der Waals surface area contributed by atoms with Crippen LogP contribution in [0.5, 0.6) is 0 Å². The Morgan fingerprint density at radius 2 is 1.95 bits per heavy atom. The first kappa shape index (κ1) is 14.9. The summed E-state index contributed by atoms with van der Waals surface area (Å²) in [5.41, 5.74) is 2.57. The molecular formula is C19H23ClO. The highest BCUT2D eigenvalue weighted by Gasteiger charge is 2.18. The Morgan fingerprint density at radius 3 is 2.71 bits per heavy atom. The number of halogens is 1. The van der Waals surface area contributed by atoms with Gasteiger partial charge in [0.1, 0.15) is 0 Å². The fourth-order valence-corrected chi connectivity index (χ4v) is 3.59. The fraction of sp³-hybridized carbons (Fsp3) is 0.474. The van der Waals surface area contributed by atoms with Gasteiger partial charge < -0.3 is 4.74 Å². The number of benzene rings is 2. The van der Waals surface area contributed by atoms with Crippen LogP contribution in [-0.2, 0) is 4.74 Å². The third-order valence-corrected chi connectivity index (χ3v) is 4.98. The highest BCUT2D eigenvalue weighted by molar-refractivity contribution is 6.21. The van der Waals surface area contributed by atoms with Crippen LogP contribution < -0.4 is 0 Å². The molecular weight excluding hydrogens is 280 g/mol. The van der Waals surface area contributed by atoms with E-state index in [0.717, 1.165) is 19.4 Å². The molecule has 2 heteroatoms. The van der Waals surface area contributed by atoms with Crippen molar-refractivity contribution in [2.24, 2.45) is 0 Å². The summed E-state index contributed by atoms with van der Waals surface area (Å²) >= 11 is 6.70.